The van der Waals surface area contributed by atoms with Gasteiger partial charge in [0.2, 0.25) is 5.91 Å². The van der Waals surface area contributed by atoms with E-state index in [1.54, 1.807) is 55.7 Å². The van der Waals surface area contributed by atoms with Gasteiger partial charge in [0.05, 0.1) is 11.4 Å². The van der Waals surface area contributed by atoms with E-state index in [0.717, 1.165) is 5.56 Å². The summed E-state index contributed by atoms with van der Waals surface area (Å²) in [4.78, 5) is 29.3. The second-order valence-electron chi connectivity index (χ2n) is 6.81. The van der Waals surface area contributed by atoms with Crippen LogP contribution in [0.3, 0.4) is 0 Å². The highest BCUT2D eigenvalue weighted by Gasteiger charge is 2.19. The van der Waals surface area contributed by atoms with Gasteiger partial charge in [0.15, 0.2) is 5.75 Å². The minimum Gasteiger partial charge on any atom is -0.455 e. The molecule has 2 aromatic carbocycles. The molecule has 0 spiro atoms. The molecule has 0 saturated heterocycles. The van der Waals surface area contributed by atoms with Crippen molar-refractivity contribution in [3.63, 3.8) is 0 Å². The molecule has 0 saturated carbocycles. The van der Waals surface area contributed by atoms with E-state index < -0.39 is 6.04 Å². The SMILES string of the molecule is CC(C(=O)Nc1ccccc1Oc1ccccc1)n1nc(-c2ccncc2)ccc1=O. The lowest BCUT2D eigenvalue weighted by molar-refractivity contribution is -0.119. The third-order valence-electron chi connectivity index (χ3n) is 4.66. The fraction of sp³-hybridized carbons (Fsp3) is 0.0833. The van der Waals surface area contributed by atoms with Crippen LogP contribution in [0.4, 0.5) is 5.69 Å². The first kappa shape index (κ1) is 20.0. The monoisotopic (exact) mass is 412 g/mol. The van der Waals surface area contributed by atoms with E-state index in [1.165, 1.54) is 10.7 Å². The highest BCUT2D eigenvalue weighted by molar-refractivity contribution is 5.94. The third-order valence-corrected chi connectivity index (χ3v) is 4.66. The van der Waals surface area contributed by atoms with Gasteiger partial charge < -0.3 is 10.1 Å². The molecule has 1 atom stereocenters. The fourth-order valence-corrected chi connectivity index (χ4v) is 3.00. The molecule has 7 heteroatoms. The van der Waals surface area contributed by atoms with E-state index in [2.05, 4.69) is 15.4 Å². The topological polar surface area (TPSA) is 86.1 Å². The molecule has 7 nitrogen and oxygen atoms in total. The third kappa shape index (κ3) is 4.67. The molecule has 4 rings (SSSR count). The molecule has 2 aromatic heterocycles. The first-order chi connectivity index (χ1) is 15.1. The summed E-state index contributed by atoms with van der Waals surface area (Å²) in [5.41, 5.74) is 1.52. The number of hydrogen-bond donors (Lipinski definition) is 1. The summed E-state index contributed by atoms with van der Waals surface area (Å²) in [6, 6.07) is 22.2. The number of pyridine rings is 1. The van der Waals surface area contributed by atoms with Crippen LogP contribution in [-0.4, -0.2) is 20.7 Å². The number of hydrogen-bond acceptors (Lipinski definition) is 5. The summed E-state index contributed by atoms with van der Waals surface area (Å²) >= 11 is 0. The minimum absolute atomic E-state index is 0.366. The lowest BCUT2D eigenvalue weighted by Crippen LogP contribution is -2.33. The smallest absolute Gasteiger partial charge is 0.267 e. The summed E-state index contributed by atoms with van der Waals surface area (Å²) in [5, 5.41) is 7.22. The van der Waals surface area contributed by atoms with Gasteiger partial charge in [-0.1, -0.05) is 30.3 Å². The molecule has 1 N–H and O–H groups in total. The lowest BCUT2D eigenvalue weighted by Gasteiger charge is -2.17. The molecule has 154 valence electrons. The predicted octanol–water partition coefficient (Wildman–Crippen LogP) is 4.30. The Morgan fingerprint density at radius 1 is 0.935 bits per heavy atom. The zero-order valence-corrected chi connectivity index (χ0v) is 16.8. The molecule has 0 aliphatic heterocycles. The highest BCUT2D eigenvalue weighted by Crippen LogP contribution is 2.29. The number of carbonyl (C=O) groups is 1. The Balaban J connectivity index is 1.57. The quantitative estimate of drug-likeness (QED) is 0.510. The van der Waals surface area contributed by atoms with Crippen molar-refractivity contribution in [1.29, 1.82) is 0 Å². The van der Waals surface area contributed by atoms with Gasteiger partial charge in [0.25, 0.3) is 5.56 Å². The molecular weight excluding hydrogens is 392 g/mol. The van der Waals surface area contributed by atoms with Crippen molar-refractivity contribution in [3.05, 3.63) is 102 Å². The molecular formula is C24H20N4O3. The number of rotatable bonds is 6. The number of nitrogens with zero attached hydrogens (tertiary/aromatic N) is 3. The van der Waals surface area contributed by atoms with Crippen molar-refractivity contribution in [1.82, 2.24) is 14.8 Å². The van der Waals surface area contributed by atoms with Crippen molar-refractivity contribution in [2.24, 2.45) is 0 Å². The molecule has 0 radical (unpaired) electrons. The molecule has 1 unspecified atom stereocenters. The van der Waals surface area contributed by atoms with E-state index in [4.69, 9.17) is 4.74 Å². The molecule has 31 heavy (non-hydrogen) atoms. The Hall–Kier alpha value is -4.26. The van der Waals surface area contributed by atoms with E-state index >= 15 is 0 Å². The number of anilines is 1. The zero-order chi connectivity index (χ0) is 21.6. The van der Waals surface area contributed by atoms with Gasteiger partial charge in [-0.2, -0.15) is 5.10 Å². The van der Waals surface area contributed by atoms with Crippen LogP contribution in [0.5, 0.6) is 11.5 Å². The number of aromatic nitrogens is 3. The second kappa shape index (κ2) is 9.04. The van der Waals surface area contributed by atoms with Gasteiger partial charge in [-0.05, 0) is 49.4 Å². The van der Waals surface area contributed by atoms with Crippen molar-refractivity contribution < 1.29 is 9.53 Å². The Morgan fingerprint density at radius 3 is 2.42 bits per heavy atom. The van der Waals surface area contributed by atoms with Crippen molar-refractivity contribution in [3.8, 4) is 22.8 Å². The summed E-state index contributed by atoms with van der Waals surface area (Å²) in [7, 11) is 0. The van der Waals surface area contributed by atoms with Crippen LogP contribution < -0.4 is 15.6 Å². The molecule has 0 aliphatic rings. The van der Waals surface area contributed by atoms with Gasteiger partial charge in [0, 0.05) is 24.0 Å². The Bertz CT molecular complexity index is 1240. The minimum atomic E-state index is -0.834. The number of amides is 1. The normalized spacial score (nSPS) is 11.5. The average Bonchev–Trinajstić information content (AvgIpc) is 2.81. The summed E-state index contributed by atoms with van der Waals surface area (Å²) < 4.78 is 7.06. The number of ether oxygens (including phenoxy) is 1. The predicted molar refractivity (Wildman–Crippen MR) is 118 cm³/mol. The summed E-state index contributed by atoms with van der Waals surface area (Å²) in [6.45, 7) is 1.63. The lowest BCUT2D eigenvalue weighted by atomic mass is 10.2. The van der Waals surface area contributed by atoms with E-state index in [-0.39, 0.29) is 11.5 Å². The Kier molecular flexibility index (Phi) is 5.84. The van der Waals surface area contributed by atoms with Crippen molar-refractivity contribution in [2.75, 3.05) is 5.32 Å². The largest absolute Gasteiger partial charge is 0.455 e. The van der Waals surface area contributed by atoms with Crippen LogP contribution in [0.1, 0.15) is 13.0 Å². The average molecular weight is 412 g/mol. The van der Waals surface area contributed by atoms with Gasteiger partial charge in [0.1, 0.15) is 11.8 Å². The van der Waals surface area contributed by atoms with E-state index in [0.29, 0.717) is 22.9 Å². The number of benzene rings is 2. The van der Waals surface area contributed by atoms with Gasteiger partial charge >= 0.3 is 0 Å². The molecule has 0 bridgehead atoms. The van der Waals surface area contributed by atoms with Gasteiger partial charge in [-0.25, -0.2) is 4.68 Å². The van der Waals surface area contributed by atoms with E-state index in [1.807, 2.05) is 36.4 Å². The molecule has 1 amide bonds. The number of para-hydroxylation sites is 3. The second-order valence-corrected chi connectivity index (χ2v) is 6.81. The molecule has 2 heterocycles. The van der Waals surface area contributed by atoms with E-state index in [9.17, 15) is 9.59 Å². The van der Waals surface area contributed by atoms with Crippen LogP contribution in [0.15, 0.2) is 96.1 Å². The van der Waals surface area contributed by atoms with Gasteiger partial charge in [-0.15, -0.1) is 0 Å². The highest BCUT2D eigenvalue weighted by atomic mass is 16.5. The van der Waals surface area contributed by atoms with Crippen LogP contribution in [0, 0.1) is 0 Å². The molecule has 0 aliphatic carbocycles. The van der Waals surface area contributed by atoms with Crippen LogP contribution in [0.25, 0.3) is 11.3 Å². The maximum absolute atomic E-state index is 12.9. The first-order valence-corrected chi connectivity index (χ1v) is 9.75. The Morgan fingerprint density at radius 2 is 1.65 bits per heavy atom. The number of nitrogens with one attached hydrogen (secondary N) is 1. The summed E-state index contributed by atoms with van der Waals surface area (Å²) in [6.07, 6.45) is 3.29. The summed E-state index contributed by atoms with van der Waals surface area (Å²) in [5.74, 6) is 0.769. The maximum atomic E-state index is 12.9. The molecule has 0 fully saturated rings. The maximum Gasteiger partial charge on any atom is 0.267 e. The number of carbonyl (C=O) groups excluding carboxylic acids is 1. The standard InChI is InChI=1S/C24H20N4O3/c1-17(28-23(29)12-11-20(27-28)18-13-15-25-16-14-18)24(30)26-21-9-5-6-10-22(21)31-19-7-3-2-4-8-19/h2-17H,1H3,(H,26,30). The molecule has 4 aromatic rings. The van der Waals surface area contributed by atoms with Crippen molar-refractivity contribution in [2.45, 2.75) is 13.0 Å². The van der Waals surface area contributed by atoms with Crippen LogP contribution in [-0.2, 0) is 4.79 Å². The van der Waals surface area contributed by atoms with Crippen LogP contribution in [0.2, 0.25) is 0 Å². The fourth-order valence-electron chi connectivity index (χ4n) is 3.00. The Labute approximate surface area is 179 Å². The zero-order valence-electron chi connectivity index (χ0n) is 16.8. The van der Waals surface area contributed by atoms with Crippen molar-refractivity contribution >= 4 is 11.6 Å². The van der Waals surface area contributed by atoms with Gasteiger partial charge in [-0.3, -0.25) is 14.6 Å². The first-order valence-electron chi connectivity index (χ1n) is 9.75. The van der Waals surface area contributed by atoms with Crippen LogP contribution >= 0.6 is 0 Å².